The molecule has 0 heterocycles. The first-order valence-electron chi connectivity index (χ1n) is 7.85. The second kappa shape index (κ2) is 5.43. The molecule has 110 valence electrons. The van der Waals surface area contributed by atoms with E-state index in [1.165, 1.54) is 19.3 Å². The van der Waals surface area contributed by atoms with Gasteiger partial charge in [-0.15, -0.1) is 0 Å². The van der Waals surface area contributed by atoms with Gasteiger partial charge in [0.05, 0.1) is 6.61 Å². The number of esters is 1. The van der Waals surface area contributed by atoms with Gasteiger partial charge in [-0.05, 0) is 43.9 Å². The Kier molecular flexibility index (Phi) is 4.24. The van der Waals surface area contributed by atoms with Gasteiger partial charge in [-0.1, -0.05) is 33.6 Å². The standard InChI is InChI=1S/C16H29NO2/c1-5-19-14(18)16(17-12-9-10-12)11-7-6-8-13(16)15(2,3)4/h12-13,17H,5-11H2,1-4H3. The van der Waals surface area contributed by atoms with Crippen molar-refractivity contribution in [1.82, 2.24) is 5.32 Å². The van der Waals surface area contributed by atoms with Crippen LogP contribution in [0.1, 0.15) is 66.2 Å². The summed E-state index contributed by atoms with van der Waals surface area (Å²) in [5.41, 5.74) is -0.303. The van der Waals surface area contributed by atoms with Crippen LogP contribution in [0.2, 0.25) is 0 Å². The fourth-order valence-corrected chi connectivity index (χ4v) is 3.67. The molecule has 3 nitrogen and oxygen atoms in total. The lowest BCUT2D eigenvalue weighted by Gasteiger charge is -2.48. The van der Waals surface area contributed by atoms with Crippen LogP contribution in [0.5, 0.6) is 0 Å². The van der Waals surface area contributed by atoms with Gasteiger partial charge in [0, 0.05) is 6.04 Å². The first-order chi connectivity index (χ1) is 8.90. The van der Waals surface area contributed by atoms with E-state index in [2.05, 4.69) is 26.1 Å². The average molecular weight is 267 g/mol. The molecule has 1 N–H and O–H groups in total. The zero-order valence-electron chi connectivity index (χ0n) is 12.9. The Morgan fingerprint density at radius 2 is 1.95 bits per heavy atom. The molecule has 2 rings (SSSR count). The lowest BCUT2D eigenvalue weighted by Crippen LogP contribution is -2.63. The van der Waals surface area contributed by atoms with Crippen LogP contribution in [0, 0.1) is 11.3 Å². The van der Waals surface area contributed by atoms with Crippen molar-refractivity contribution in [2.75, 3.05) is 6.61 Å². The van der Waals surface area contributed by atoms with Gasteiger partial charge in [-0.25, -0.2) is 0 Å². The summed E-state index contributed by atoms with van der Waals surface area (Å²) in [5, 5.41) is 3.67. The molecule has 2 atom stereocenters. The number of rotatable bonds is 4. The van der Waals surface area contributed by atoms with Crippen LogP contribution in [0.25, 0.3) is 0 Å². The molecule has 0 aromatic heterocycles. The molecule has 3 heteroatoms. The highest BCUT2D eigenvalue weighted by atomic mass is 16.5. The van der Waals surface area contributed by atoms with Gasteiger partial charge in [0.25, 0.3) is 0 Å². The van der Waals surface area contributed by atoms with Gasteiger partial charge >= 0.3 is 5.97 Å². The van der Waals surface area contributed by atoms with Crippen LogP contribution in [0.3, 0.4) is 0 Å². The topological polar surface area (TPSA) is 38.3 Å². The highest BCUT2D eigenvalue weighted by Crippen LogP contribution is 2.46. The lowest BCUT2D eigenvalue weighted by atomic mass is 9.62. The number of ether oxygens (including phenoxy) is 1. The Balaban J connectivity index is 2.28. The fourth-order valence-electron chi connectivity index (χ4n) is 3.67. The van der Waals surface area contributed by atoms with Gasteiger partial charge in [0.2, 0.25) is 0 Å². The number of hydrogen-bond acceptors (Lipinski definition) is 3. The molecular formula is C16H29NO2. The van der Waals surface area contributed by atoms with E-state index in [4.69, 9.17) is 4.74 Å². The minimum Gasteiger partial charge on any atom is -0.465 e. The van der Waals surface area contributed by atoms with Crippen molar-refractivity contribution in [1.29, 1.82) is 0 Å². The van der Waals surface area contributed by atoms with Crippen molar-refractivity contribution in [3.8, 4) is 0 Å². The first kappa shape index (κ1) is 14.8. The number of nitrogens with one attached hydrogen (secondary N) is 1. The minimum absolute atomic E-state index is 0.0125. The van der Waals surface area contributed by atoms with Crippen LogP contribution in [-0.2, 0) is 9.53 Å². The maximum absolute atomic E-state index is 12.7. The van der Waals surface area contributed by atoms with E-state index >= 15 is 0 Å². The number of carbonyl (C=O) groups excluding carboxylic acids is 1. The van der Waals surface area contributed by atoms with Crippen molar-refractivity contribution in [3.05, 3.63) is 0 Å². The molecule has 0 aliphatic heterocycles. The molecule has 0 spiro atoms. The van der Waals surface area contributed by atoms with E-state index in [-0.39, 0.29) is 11.4 Å². The SMILES string of the molecule is CCOC(=O)C1(NC2CC2)CCCCC1C(C)(C)C. The Labute approximate surface area is 117 Å². The first-order valence-corrected chi connectivity index (χ1v) is 7.85. The predicted octanol–water partition coefficient (Wildman–Crippen LogP) is 3.28. The summed E-state index contributed by atoms with van der Waals surface area (Å²) in [6.07, 6.45) is 6.84. The lowest BCUT2D eigenvalue weighted by molar-refractivity contribution is -0.159. The molecule has 0 aromatic carbocycles. The molecule has 0 radical (unpaired) electrons. The molecule has 2 fully saturated rings. The van der Waals surface area contributed by atoms with Crippen molar-refractivity contribution in [2.24, 2.45) is 11.3 Å². The third-order valence-corrected chi connectivity index (χ3v) is 4.63. The third kappa shape index (κ3) is 3.13. The van der Waals surface area contributed by atoms with E-state index < -0.39 is 5.54 Å². The van der Waals surface area contributed by atoms with Crippen molar-refractivity contribution >= 4 is 5.97 Å². The maximum Gasteiger partial charge on any atom is 0.326 e. The monoisotopic (exact) mass is 267 g/mol. The Bertz CT molecular complexity index is 330. The normalized spacial score (nSPS) is 32.1. The van der Waals surface area contributed by atoms with Gasteiger partial charge in [-0.3, -0.25) is 10.1 Å². The summed E-state index contributed by atoms with van der Waals surface area (Å²) in [6.45, 7) is 9.14. The maximum atomic E-state index is 12.7. The zero-order chi connectivity index (χ0) is 14.1. The number of carbonyl (C=O) groups is 1. The largest absolute Gasteiger partial charge is 0.465 e. The number of hydrogen-bond donors (Lipinski definition) is 1. The second-order valence-corrected chi connectivity index (χ2v) is 7.27. The molecule has 0 amide bonds. The second-order valence-electron chi connectivity index (χ2n) is 7.27. The minimum atomic E-state index is -0.437. The highest BCUT2D eigenvalue weighted by molar-refractivity contribution is 5.82. The van der Waals surface area contributed by atoms with Crippen molar-refractivity contribution in [2.45, 2.75) is 77.8 Å². The summed E-state index contributed by atoms with van der Waals surface area (Å²) < 4.78 is 5.44. The molecule has 19 heavy (non-hydrogen) atoms. The molecule has 0 bridgehead atoms. The summed E-state index contributed by atoms with van der Waals surface area (Å²) in [7, 11) is 0. The van der Waals surface area contributed by atoms with Gasteiger partial charge < -0.3 is 4.74 Å². The van der Waals surface area contributed by atoms with Crippen LogP contribution in [0.15, 0.2) is 0 Å². The van der Waals surface area contributed by atoms with Crippen molar-refractivity contribution < 1.29 is 9.53 Å². The quantitative estimate of drug-likeness (QED) is 0.794. The van der Waals surface area contributed by atoms with Crippen LogP contribution in [0.4, 0.5) is 0 Å². The molecule has 2 saturated carbocycles. The van der Waals surface area contributed by atoms with E-state index in [1.807, 2.05) is 6.92 Å². The molecule has 2 aliphatic rings. The molecular weight excluding hydrogens is 238 g/mol. The summed E-state index contributed by atoms with van der Waals surface area (Å²) in [6, 6.07) is 0.535. The van der Waals surface area contributed by atoms with E-state index in [1.54, 1.807) is 0 Å². The Morgan fingerprint density at radius 1 is 1.26 bits per heavy atom. The van der Waals surface area contributed by atoms with E-state index in [9.17, 15) is 4.79 Å². The predicted molar refractivity (Wildman–Crippen MR) is 76.9 cm³/mol. The van der Waals surface area contributed by atoms with Gasteiger partial charge in [-0.2, -0.15) is 0 Å². The summed E-state index contributed by atoms with van der Waals surface area (Å²) in [5.74, 6) is 0.356. The molecule has 0 aromatic rings. The third-order valence-electron chi connectivity index (χ3n) is 4.63. The van der Waals surface area contributed by atoms with Crippen LogP contribution in [-0.4, -0.2) is 24.2 Å². The smallest absolute Gasteiger partial charge is 0.326 e. The Morgan fingerprint density at radius 3 is 2.47 bits per heavy atom. The molecule has 2 aliphatic carbocycles. The average Bonchev–Trinajstić information content (AvgIpc) is 3.12. The molecule has 0 saturated heterocycles. The summed E-state index contributed by atoms with van der Waals surface area (Å²) in [4.78, 5) is 12.7. The highest BCUT2D eigenvalue weighted by Gasteiger charge is 2.53. The van der Waals surface area contributed by atoms with E-state index in [0.29, 0.717) is 18.6 Å². The Hall–Kier alpha value is -0.570. The van der Waals surface area contributed by atoms with Gasteiger partial charge in [0.15, 0.2) is 0 Å². The van der Waals surface area contributed by atoms with Crippen LogP contribution < -0.4 is 5.32 Å². The van der Waals surface area contributed by atoms with E-state index in [0.717, 1.165) is 19.3 Å². The van der Waals surface area contributed by atoms with Crippen molar-refractivity contribution in [3.63, 3.8) is 0 Å². The summed E-state index contributed by atoms with van der Waals surface area (Å²) >= 11 is 0. The zero-order valence-corrected chi connectivity index (χ0v) is 12.9. The fraction of sp³-hybridized carbons (Fsp3) is 0.938. The molecule has 2 unspecified atom stereocenters. The van der Waals surface area contributed by atoms with Gasteiger partial charge in [0.1, 0.15) is 5.54 Å². The van der Waals surface area contributed by atoms with Crippen LogP contribution >= 0.6 is 0 Å².